The number of ether oxygens (including phenoxy) is 1. The van der Waals surface area contributed by atoms with E-state index in [1.165, 1.54) is 0 Å². The van der Waals surface area contributed by atoms with Gasteiger partial charge in [-0.05, 0) is 12.0 Å². The number of amides is 2. The van der Waals surface area contributed by atoms with Gasteiger partial charge >= 0.3 is 18.1 Å². The number of methoxy groups -OCH3 is 1. The fourth-order valence-corrected chi connectivity index (χ4v) is 2.78. The lowest BCUT2D eigenvalue weighted by molar-refractivity contribution is -0.175. The molecule has 148 valence electrons. The lowest BCUT2D eigenvalue weighted by atomic mass is 10.0. The van der Waals surface area contributed by atoms with Crippen molar-refractivity contribution in [1.82, 2.24) is 10.6 Å². The molecule has 1 saturated carbocycles. The summed E-state index contributed by atoms with van der Waals surface area (Å²) in [6.45, 7) is -0.590. The predicted octanol–water partition coefficient (Wildman–Crippen LogP) is 0.316. The lowest BCUT2D eigenvalue weighted by Crippen LogP contribution is -2.57. The van der Waals surface area contributed by atoms with Gasteiger partial charge < -0.3 is 20.5 Å². The molecule has 0 saturated heterocycles. The van der Waals surface area contributed by atoms with E-state index >= 15 is 0 Å². The SMILES string of the molecule is COC(=O)[C@H](Cc1ccccc1)NC(=O)[C@@]1(NC(=O)C(F)(F)F)C[C@@H]1CO. The average Bonchev–Trinajstić information content (AvgIpc) is 3.34. The van der Waals surface area contributed by atoms with Gasteiger partial charge in [-0.25, -0.2) is 4.79 Å². The van der Waals surface area contributed by atoms with E-state index in [2.05, 4.69) is 10.1 Å². The number of hydrogen-bond acceptors (Lipinski definition) is 5. The zero-order valence-corrected chi connectivity index (χ0v) is 14.4. The van der Waals surface area contributed by atoms with Crippen LogP contribution in [-0.4, -0.2) is 54.4 Å². The number of aliphatic hydroxyl groups excluding tert-OH is 1. The van der Waals surface area contributed by atoms with Gasteiger partial charge in [-0.1, -0.05) is 30.3 Å². The van der Waals surface area contributed by atoms with Crippen LogP contribution >= 0.6 is 0 Å². The Bertz CT molecular complexity index is 710. The fraction of sp³-hybridized carbons (Fsp3) is 0.471. The Kier molecular flexibility index (Phi) is 6.09. The number of aliphatic hydroxyl groups is 1. The van der Waals surface area contributed by atoms with Gasteiger partial charge in [-0.2, -0.15) is 13.2 Å². The molecule has 7 nitrogen and oxygen atoms in total. The quantitative estimate of drug-likeness (QED) is 0.584. The molecule has 27 heavy (non-hydrogen) atoms. The molecule has 2 amide bonds. The normalized spacial score (nSPS) is 22.5. The van der Waals surface area contributed by atoms with Crippen molar-refractivity contribution < 1.29 is 37.4 Å². The molecule has 2 rings (SSSR count). The van der Waals surface area contributed by atoms with Gasteiger partial charge in [-0.15, -0.1) is 0 Å². The van der Waals surface area contributed by atoms with Gasteiger partial charge in [0.1, 0.15) is 11.6 Å². The fourth-order valence-electron chi connectivity index (χ4n) is 2.78. The van der Waals surface area contributed by atoms with Gasteiger partial charge in [0, 0.05) is 18.9 Å². The number of nitrogens with one attached hydrogen (secondary N) is 2. The lowest BCUT2D eigenvalue weighted by Gasteiger charge is -2.23. The first-order chi connectivity index (χ1) is 12.6. The van der Waals surface area contributed by atoms with Crippen molar-refractivity contribution in [2.45, 2.75) is 30.6 Å². The summed E-state index contributed by atoms with van der Waals surface area (Å²) in [5, 5.41) is 13.2. The second kappa shape index (κ2) is 7.95. The molecule has 10 heteroatoms. The van der Waals surface area contributed by atoms with Crippen LogP contribution in [0.2, 0.25) is 0 Å². The summed E-state index contributed by atoms with van der Waals surface area (Å²) in [6, 6.07) is 7.45. The Balaban J connectivity index is 2.16. The Morgan fingerprint density at radius 1 is 1.30 bits per heavy atom. The van der Waals surface area contributed by atoms with Gasteiger partial charge in [-0.3, -0.25) is 9.59 Å². The van der Waals surface area contributed by atoms with Crippen LogP contribution < -0.4 is 10.6 Å². The molecule has 1 aromatic rings. The number of alkyl halides is 3. The monoisotopic (exact) mass is 388 g/mol. The minimum atomic E-state index is -5.18. The highest BCUT2D eigenvalue weighted by Gasteiger charge is 2.63. The molecule has 0 bridgehead atoms. The van der Waals surface area contributed by atoms with Crippen molar-refractivity contribution in [3.05, 3.63) is 35.9 Å². The van der Waals surface area contributed by atoms with E-state index in [0.29, 0.717) is 5.56 Å². The number of hydrogen-bond donors (Lipinski definition) is 3. The highest BCUT2D eigenvalue weighted by atomic mass is 19.4. The largest absolute Gasteiger partial charge is 0.471 e. The van der Waals surface area contributed by atoms with Crippen molar-refractivity contribution in [2.24, 2.45) is 5.92 Å². The molecule has 1 aliphatic rings. The van der Waals surface area contributed by atoms with Crippen LogP contribution in [0.1, 0.15) is 12.0 Å². The van der Waals surface area contributed by atoms with E-state index < -0.39 is 48.1 Å². The van der Waals surface area contributed by atoms with Gasteiger partial charge in [0.25, 0.3) is 0 Å². The zero-order valence-electron chi connectivity index (χ0n) is 14.4. The predicted molar refractivity (Wildman–Crippen MR) is 86.2 cm³/mol. The molecule has 1 aromatic carbocycles. The number of carbonyl (C=O) groups excluding carboxylic acids is 3. The number of rotatable bonds is 7. The van der Waals surface area contributed by atoms with Crippen LogP contribution in [0, 0.1) is 5.92 Å². The Labute approximate surface area is 152 Å². The third-order valence-corrected chi connectivity index (χ3v) is 4.40. The molecule has 0 heterocycles. The molecule has 1 aliphatic carbocycles. The average molecular weight is 388 g/mol. The van der Waals surface area contributed by atoms with E-state index in [1.807, 2.05) is 0 Å². The number of esters is 1. The van der Waals surface area contributed by atoms with Gasteiger partial charge in [0.05, 0.1) is 7.11 Å². The van der Waals surface area contributed by atoms with Crippen molar-refractivity contribution in [1.29, 1.82) is 0 Å². The smallest absolute Gasteiger partial charge is 0.467 e. The highest BCUT2D eigenvalue weighted by molar-refractivity contribution is 5.98. The van der Waals surface area contributed by atoms with Crippen molar-refractivity contribution in [3.8, 4) is 0 Å². The number of halogens is 3. The van der Waals surface area contributed by atoms with Crippen molar-refractivity contribution >= 4 is 17.8 Å². The summed E-state index contributed by atoms with van der Waals surface area (Å²) in [5.74, 6) is -4.93. The molecule has 0 unspecified atom stereocenters. The van der Waals surface area contributed by atoms with Crippen LogP contribution in [-0.2, 0) is 25.5 Å². The van der Waals surface area contributed by atoms with Crippen LogP contribution in [0.3, 0.4) is 0 Å². The summed E-state index contributed by atoms with van der Waals surface area (Å²) in [5.41, 5.74) is -1.22. The van der Waals surface area contributed by atoms with E-state index in [-0.39, 0.29) is 12.8 Å². The third kappa shape index (κ3) is 4.76. The van der Waals surface area contributed by atoms with Crippen LogP contribution in [0.5, 0.6) is 0 Å². The van der Waals surface area contributed by atoms with Gasteiger partial charge in [0.15, 0.2) is 0 Å². The summed E-state index contributed by atoms with van der Waals surface area (Å²) >= 11 is 0. The minimum Gasteiger partial charge on any atom is -0.467 e. The van der Waals surface area contributed by atoms with Crippen LogP contribution in [0.25, 0.3) is 0 Å². The van der Waals surface area contributed by atoms with E-state index in [1.54, 1.807) is 35.6 Å². The molecule has 3 atom stereocenters. The molecule has 0 spiro atoms. The molecule has 0 aromatic heterocycles. The van der Waals surface area contributed by atoms with Crippen molar-refractivity contribution in [2.75, 3.05) is 13.7 Å². The number of carbonyl (C=O) groups is 3. The second-order valence-corrected chi connectivity index (χ2v) is 6.25. The zero-order chi connectivity index (χ0) is 20.2. The Morgan fingerprint density at radius 3 is 2.41 bits per heavy atom. The van der Waals surface area contributed by atoms with Crippen LogP contribution in [0.15, 0.2) is 30.3 Å². The summed E-state index contributed by atoms with van der Waals surface area (Å²) in [6.07, 6.45) is -5.30. The Morgan fingerprint density at radius 2 is 1.93 bits per heavy atom. The first kappa shape index (κ1) is 20.7. The van der Waals surface area contributed by atoms with E-state index in [9.17, 15) is 32.7 Å². The standard InChI is InChI=1S/C17H19F3N2O5/c1-27-13(24)12(7-10-5-3-2-4-6-10)21-14(25)16(8-11(16)9-23)22-15(26)17(18,19)20/h2-6,11-12,23H,7-9H2,1H3,(H,21,25)(H,22,26)/t11-,12+,16-/m1/s1. The van der Waals surface area contributed by atoms with Gasteiger partial charge in [0.2, 0.25) is 5.91 Å². The summed E-state index contributed by atoms with van der Waals surface area (Å²) in [7, 11) is 1.11. The maximum atomic E-state index is 12.6. The maximum absolute atomic E-state index is 12.6. The molecule has 0 radical (unpaired) electrons. The minimum absolute atomic E-state index is 0.0480. The Hall–Kier alpha value is -2.62. The number of benzene rings is 1. The first-order valence-corrected chi connectivity index (χ1v) is 8.07. The topological polar surface area (TPSA) is 105 Å². The molecule has 0 aliphatic heterocycles. The first-order valence-electron chi connectivity index (χ1n) is 8.07. The van der Waals surface area contributed by atoms with Crippen LogP contribution in [0.4, 0.5) is 13.2 Å². The van der Waals surface area contributed by atoms with Crippen molar-refractivity contribution in [3.63, 3.8) is 0 Å². The van der Waals surface area contributed by atoms with E-state index in [0.717, 1.165) is 7.11 Å². The highest BCUT2D eigenvalue weighted by Crippen LogP contribution is 2.44. The molecule has 3 N–H and O–H groups in total. The summed E-state index contributed by atoms with van der Waals surface area (Å²) in [4.78, 5) is 35.8. The summed E-state index contributed by atoms with van der Waals surface area (Å²) < 4.78 is 42.3. The molecule has 1 fully saturated rings. The third-order valence-electron chi connectivity index (χ3n) is 4.40. The maximum Gasteiger partial charge on any atom is 0.471 e. The molecular weight excluding hydrogens is 369 g/mol. The second-order valence-electron chi connectivity index (χ2n) is 6.25. The van der Waals surface area contributed by atoms with E-state index in [4.69, 9.17) is 0 Å². The molecular formula is C17H19F3N2O5.